The van der Waals surface area contributed by atoms with Crippen LogP contribution < -0.4 is 5.32 Å². The molecule has 1 N–H and O–H groups in total. The van der Waals surface area contributed by atoms with Gasteiger partial charge in [0.05, 0.1) is 0 Å². The van der Waals surface area contributed by atoms with E-state index in [1.807, 2.05) is 0 Å². The zero-order chi connectivity index (χ0) is 21.3. The molecular formula is C30H27N. The second-order valence-corrected chi connectivity index (χ2v) is 9.23. The molecule has 0 aliphatic heterocycles. The Morgan fingerprint density at radius 1 is 0.548 bits per heavy atom. The van der Waals surface area contributed by atoms with E-state index in [0.717, 1.165) is 12.8 Å². The minimum Gasteiger partial charge on any atom is -0.355 e. The van der Waals surface area contributed by atoms with Gasteiger partial charge in [-0.25, -0.2) is 0 Å². The molecule has 0 unspecified atom stereocenters. The van der Waals surface area contributed by atoms with Gasteiger partial charge in [0.25, 0.3) is 0 Å². The summed E-state index contributed by atoms with van der Waals surface area (Å²) >= 11 is 0. The fourth-order valence-corrected chi connectivity index (χ4v) is 5.51. The lowest BCUT2D eigenvalue weighted by atomic mass is 9.94. The first-order chi connectivity index (χ1) is 15.0. The molecule has 4 aromatic rings. The lowest BCUT2D eigenvalue weighted by molar-refractivity contribution is 1.20. The number of hydrogen-bond donors (Lipinski definition) is 1. The fourth-order valence-electron chi connectivity index (χ4n) is 5.51. The van der Waals surface area contributed by atoms with Crippen molar-refractivity contribution in [3.8, 4) is 22.3 Å². The Morgan fingerprint density at radius 3 is 1.42 bits per heavy atom. The molecule has 0 amide bonds. The molecule has 4 aromatic carbocycles. The summed E-state index contributed by atoms with van der Waals surface area (Å²) in [6, 6.07) is 22.5. The first kappa shape index (κ1) is 18.4. The van der Waals surface area contributed by atoms with Gasteiger partial charge in [0.15, 0.2) is 0 Å². The third kappa shape index (κ3) is 2.63. The Bertz CT molecular complexity index is 1280. The minimum absolute atomic E-state index is 1.00. The van der Waals surface area contributed by atoms with Crippen molar-refractivity contribution in [1.82, 2.24) is 0 Å². The van der Waals surface area contributed by atoms with Crippen molar-refractivity contribution in [1.29, 1.82) is 0 Å². The molecule has 0 saturated carbocycles. The zero-order valence-electron chi connectivity index (χ0n) is 18.7. The molecule has 0 fully saturated rings. The van der Waals surface area contributed by atoms with Crippen LogP contribution in [0.1, 0.15) is 44.5 Å². The van der Waals surface area contributed by atoms with Crippen LogP contribution in [0.25, 0.3) is 22.3 Å². The Labute approximate surface area is 184 Å². The quantitative estimate of drug-likeness (QED) is 0.312. The SMILES string of the molecule is Cc1cc2c(c(Nc3c(C)c(C)cc4c3Cc3ccccc3-4)c1C)Cc1ccccc1-2. The third-order valence-electron chi connectivity index (χ3n) is 7.51. The van der Waals surface area contributed by atoms with Crippen LogP contribution in [-0.4, -0.2) is 0 Å². The summed E-state index contributed by atoms with van der Waals surface area (Å²) in [4.78, 5) is 0. The van der Waals surface area contributed by atoms with Crippen molar-refractivity contribution >= 4 is 11.4 Å². The van der Waals surface area contributed by atoms with E-state index < -0.39 is 0 Å². The molecule has 0 radical (unpaired) electrons. The lowest BCUT2D eigenvalue weighted by Crippen LogP contribution is -2.05. The van der Waals surface area contributed by atoms with Crippen LogP contribution in [0.4, 0.5) is 11.4 Å². The minimum atomic E-state index is 1.00. The predicted octanol–water partition coefficient (Wildman–Crippen LogP) is 7.81. The van der Waals surface area contributed by atoms with Crippen molar-refractivity contribution in [2.75, 3.05) is 5.32 Å². The molecular weight excluding hydrogens is 374 g/mol. The average Bonchev–Trinajstić information content (AvgIpc) is 3.32. The van der Waals surface area contributed by atoms with Gasteiger partial charge in [-0.3, -0.25) is 0 Å². The molecule has 0 aromatic heterocycles. The van der Waals surface area contributed by atoms with Crippen molar-refractivity contribution in [2.45, 2.75) is 40.5 Å². The normalized spacial score (nSPS) is 12.9. The van der Waals surface area contributed by atoms with Crippen LogP contribution in [0, 0.1) is 27.7 Å². The number of fused-ring (bicyclic) bond motifs is 6. The van der Waals surface area contributed by atoms with E-state index in [2.05, 4.69) is 93.7 Å². The molecule has 31 heavy (non-hydrogen) atoms. The lowest BCUT2D eigenvalue weighted by Gasteiger charge is -2.22. The number of nitrogens with one attached hydrogen (secondary N) is 1. The molecule has 0 bridgehead atoms. The summed E-state index contributed by atoms with van der Waals surface area (Å²) in [7, 11) is 0. The van der Waals surface area contributed by atoms with E-state index in [1.165, 1.54) is 78.1 Å². The van der Waals surface area contributed by atoms with Gasteiger partial charge in [-0.2, -0.15) is 0 Å². The Hall–Kier alpha value is -3.32. The summed E-state index contributed by atoms with van der Waals surface area (Å²) in [5, 5.41) is 3.99. The van der Waals surface area contributed by atoms with E-state index >= 15 is 0 Å². The summed E-state index contributed by atoms with van der Waals surface area (Å²) in [6.45, 7) is 9.01. The van der Waals surface area contributed by atoms with E-state index in [1.54, 1.807) is 0 Å². The highest BCUT2D eigenvalue weighted by molar-refractivity contribution is 5.90. The van der Waals surface area contributed by atoms with Gasteiger partial charge >= 0.3 is 0 Å². The van der Waals surface area contributed by atoms with Crippen molar-refractivity contribution in [2.24, 2.45) is 0 Å². The number of hydrogen-bond acceptors (Lipinski definition) is 1. The van der Waals surface area contributed by atoms with Crippen molar-refractivity contribution in [3.63, 3.8) is 0 Å². The fraction of sp³-hybridized carbons (Fsp3) is 0.200. The summed E-state index contributed by atoms with van der Waals surface area (Å²) in [6.07, 6.45) is 2.00. The van der Waals surface area contributed by atoms with E-state index in [4.69, 9.17) is 0 Å². The first-order valence-electron chi connectivity index (χ1n) is 11.2. The van der Waals surface area contributed by atoms with Crippen LogP contribution in [0.15, 0.2) is 60.7 Å². The van der Waals surface area contributed by atoms with Gasteiger partial charge in [-0.15, -0.1) is 0 Å². The molecule has 0 saturated heterocycles. The molecule has 0 atom stereocenters. The monoisotopic (exact) mass is 401 g/mol. The first-order valence-corrected chi connectivity index (χ1v) is 11.2. The van der Waals surface area contributed by atoms with Gasteiger partial charge in [0.2, 0.25) is 0 Å². The van der Waals surface area contributed by atoms with Crippen LogP contribution in [0.3, 0.4) is 0 Å². The molecule has 2 aliphatic carbocycles. The summed E-state index contributed by atoms with van der Waals surface area (Å²) < 4.78 is 0. The molecule has 1 heteroatoms. The molecule has 0 heterocycles. The second-order valence-electron chi connectivity index (χ2n) is 9.23. The van der Waals surface area contributed by atoms with E-state index in [-0.39, 0.29) is 0 Å². The predicted molar refractivity (Wildman–Crippen MR) is 132 cm³/mol. The Kier molecular flexibility index (Phi) is 3.92. The van der Waals surface area contributed by atoms with Crippen molar-refractivity contribution < 1.29 is 0 Å². The highest BCUT2D eigenvalue weighted by atomic mass is 14.9. The van der Waals surface area contributed by atoms with Gasteiger partial charge < -0.3 is 5.32 Å². The number of anilines is 2. The van der Waals surface area contributed by atoms with Crippen LogP contribution in [-0.2, 0) is 12.8 Å². The largest absolute Gasteiger partial charge is 0.355 e. The highest BCUT2D eigenvalue weighted by Gasteiger charge is 2.27. The Balaban J connectivity index is 1.54. The maximum absolute atomic E-state index is 3.99. The maximum atomic E-state index is 3.99. The number of aryl methyl sites for hydroxylation is 2. The molecule has 2 aliphatic rings. The smallest absolute Gasteiger partial charge is 0.0458 e. The van der Waals surface area contributed by atoms with E-state index in [9.17, 15) is 0 Å². The maximum Gasteiger partial charge on any atom is 0.0458 e. The van der Waals surface area contributed by atoms with Gasteiger partial charge in [0.1, 0.15) is 0 Å². The summed E-state index contributed by atoms with van der Waals surface area (Å²) in [5.74, 6) is 0. The van der Waals surface area contributed by atoms with Crippen molar-refractivity contribution in [3.05, 3.63) is 105 Å². The molecule has 1 nitrogen and oxygen atoms in total. The van der Waals surface area contributed by atoms with Crippen LogP contribution >= 0.6 is 0 Å². The third-order valence-corrected chi connectivity index (χ3v) is 7.51. The number of rotatable bonds is 2. The topological polar surface area (TPSA) is 12.0 Å². The van der Waals surface area contributed by atoms with E-state index in [0.29, 0.717) is 0 Å². The standard InChI is InChI=1S/C30H27N/c1-17-13-25-23-11-7-5-9-21(23)15-27(25)29(19(17)3)31-30-20(4)18(2)14-26-24-12-8-6-10-22(24)16-28(26)30/h5-14,31H,15-16H2,1-4H3. The van der Waals surface area contributed by atoms with Gasteiger partial charge in [0, 0.05) is 24.2 Å². The molecule has 0 spiro atoms. The second kappa shape index (κ2) is 6.59. The average molecular weight is 402 g/mol. The van der Waals surface area contributed by atoms with Crippen LogP contribution in [0.5, 0.6) is 0 Å². The van der Waals surface area contributed by atoms with Crippen LogP contribution in [0.2, 0.25) is 0 Å². The molecule has 152 valence electrons. The zero-order valence-corrected chi connectivity index (χ0v) is 18.7. The van der Waals surface area contributed by atoms with Gasteiger partial charge in [-0.05, 0) is 94.5 Å². The number of benzene rings is 4. The highest BCUT2D eigenvalue weighted by Crippen LogP contribution is 2.47. The summed E-state index contributed by atoms with van der Waals surface area (Å²) in [5.41, 5.74) is 19.3. The Morgan fingerprint density at radius 2 is 0.968 bits per heavy atom. The van der Waals surface area contributed by atoms with Gasteiger partial charge in [-0.1, -0.05) is 60.7 Å². The molecule has 6 rings (SSSR count).